The molecule has 1 aliphatic rings. The van der Waals surface area contributed by atoms with Crippen LogP contribution >= 0.6 is 0 Å². The van der Waals surface area contributed by atoms with Crippen LogP contribution in [0.4, 0.5) is 13.2 Å². The molecule has 0 aliphatic carbocycles. The van der Waals surface area contributed by atoms with Crippen LogP contribution in [0.15, 0.2) is 47.9 Å². The van der Waals surface area contributed by atoms with Gasteiger partial charge in [0, 0.05) is 32.0 Å². The van der Waals surface area contributed by atoms with Gasteiger partial charge in [-0.05, 0) is 24.3 Å². The molecule has 0 saturated carbocycles. The van der Waals surface area contributed by atoms with Gasteiger partial charge in [0.2, 0.25) is 15.9 Å². The average Bonchev–Trinajstić information content (AvgIpc) is 3.19. The smallest absolute Gasteiger partial charge is 0.480 e. The number of piperazine rings is 1. The zero-order valence-corrected chi connectivity index (χ0v) is 16.6. The van der Waals surface area contributed by atoms with Crippen molar-refractivity contribution in [1.82, 2.24) is 18.8 Å². The molecule has 1 atom stereocenters. The average molecular weight is 462 g/mol. The molecule has 2 aromatic rings. The van der Waals surface area contributed by atoms with Crippen molar-refractivity contribution in [3.05, 3.63) is 43.0 Å². The van der Waals surface area contributed by atoms with Crippen LogP contribution in [-0.2, 0) is 26.2 Å². The Morgan fingerprint density at radius 2 is 1.87 bits per heavy atom. The highest BCUT2D eigenvalue weighted by Crippen LogP contribution is 2.27. The molecule has 1 aromatic heterocycles. The summed E-state index contributed by atoms with van der Waals surface area (Å²) in [6.45, 7) is -0.807. The zero-order valence-electron chi connectivity index (χ0n) is 15.8. The molecule has 0 unspecified atom stereocenters. The second-order valence-corrected chi connectivity index (χ2v) is 8.45. The summed E-state index contributed by atoms with van der Waals surface area (Å²) in [5.74, 6) is -2.48. The Bertz CT molecular complexity index is 1040. The van der Waals surface area contributed by atoms with E-state index in [9.17, 15) is 36.3 Å². The number of carbonyl (C=O) groups is 2. The summed E-state index contributed by atoms with van der Waals surface area (Å²) in [5, 5.41) is 9.54. The maximum absolute atomic E-state index is 12.9. The molecule has 1 fully saturated rings. The third kappa shape index (κ3) is 5.32. The van der Waals surface area contributed by atoms with Gasteiger partial charge in [-0.1, -0.05) is 0 Å². The van der Waals surface area contributed by atoms with Crippen LogP contribution in [0.25, 0.3) is 0 Å². The lowest BCUT2D eigenvalue weighted by Crippen LogP contribution is -2.59. The standard InChI is InChI=1S/C17H17F3N4O6S/c18-17(19,20)30-12-1-3-13(4-2-12)31(28,29)24-8-7-23(9-14(24)16(26)27)15(25)10-22-6-5-21-11-22/h1-6,11,14H,7-10H2,(H,26,27)/t14-/m1/s1. The normalized spacial score (nSPS) is 18.0. The van der Waals surface area contributed by atoms with Crippen molar-refractivity contribution in [1.29, 1.82) is 0 Å². The van der Waals surface area contributed by atoms with Gasteiger partial charge in [-0.15, -0.1) is 13.2 Å². The number of sulfonamides is 1. The summed E-state index contributed by atoms with van der Waals surface area (Å²) in [7, 11) is -4.35. The van der Waals surface area contributed by atoms with Gasteiger partial charge < -0.3 is 19.3 Å². The quantitative estimate of drug-likeness (QED) is 0.673. The molecular formula is C17H17F3N4O6S. The molecule has 3 rings (SSSR count). The minimum absolute atomic E-state index is 0.0498. The molecule has 0 spiro atoms. The highest BCUT2D eigenvalue weighted by atomic mass is 32.2. The van der Waals surface area contributed by atoms with Crippen molar-refractivity contribution >= 4 is 21.9 Å². The Kier molecular flexibility index (Phi) is 6.22. The highest BCUT2D eigenvalue weighted by molar-refractivity contribution is 7.89. The number of nitrogens with zero attached hydrogens (tertiary/aromatic N) is 4. The number of carboxylic acid groups (broad SMARTS) is 1. The Labute approximate surface area is 174 Å². The molecule has 0 bridgehead atoms. The Hall–Kier alpha value is -3.13. The predicted molar refractivity (Wildman–Crippen MR) is 97.2 cm³/mol. The third-order valence-electron chi connectivity index (χ3n) is 4.51. The van der Waals surface area contributed by atoms with Crippen LogP contribution in [0, 0.1) is 0 Å². The van der Waals surface area contributed by atoms with Crippen LogP contribution in [0.2, 0.25) is 0 Å². The van der Waals surface area contributed by atoms with E-state index in [2.05, 4.69) is 9.72 Å². The molecule has 1 saturated heterocycles. The number of hydrogen-bond acceptors (Lipinski definition) is 6. The number of hydrogen-bond donors (Lipinski definition) is 1. The minimum atomic E-state index is -4.94. The number of benzene rings is 1. The van der Waals surface area contributed by atoms with E-state index in [1.54, 1.807) is 6.20 Å². The van der Waals surface area contributed by atoms with Crippen molar-refractivity contribution in [2.75, 3.05) is 19.6 Å². The first-order valence-electron chi connectivity index (χ1n) is 8.81. The molecule has 1 aromatic carbocycles. The summed E-state index contributed by atoms with van der Waals surface area (Å²) in [6.07, 6.45) is -0.490. The highest BCUT2D eigenvalue weighted by Gasteiger charge is 2.41. The van der Waals surface area contributed by atoms with Gasteiger partial charge in [0.15, 0.2) is 0 Å². The maximum atomic E-state index is 12.9. The van der Waals surface area contributed by atoms with Crippen molar-refractivity contribution in [3.8, 4) is 5.75 Å². The number of alkyl halides is 3. The van der Waals surface area contributed by atoms with Crippen LogP contribution in [-0.4, -0.2) is 76.2 Å². The fourth-order valence-corrected chi connectivity index (χ4v) is 4.63. The second-order valence-electron chi connectivity index (χ2n) is 6.56. The summed E-state index contributed by atoms with van der Waals surface area (Å²) < 4.78 is 68.6. The number of aliphatic carboxylic acids is 1. The molecule has 0 radical (unpaired) electrons. The van der Waals surface area contributed by atoms with E-state index in [0.29, 0.717) is 0 Å². The number of aromatic nitrogens is 2. The number of imidazole rings is 1. The van der Waals surface area contributed by atoms with Gasteiger partial charge in [0.05, 0.1) is 11.2 Å². The van der Waals surface area contributed by atoms with E-state index in [1.165, 1.54) is 22.0 Å². The van der Waals surface area contributed by atoms with E-state index >= 15 is 0 Å². The van der Waals surface area contributed by atoms with Crippen molar-refractivity contribution < 1.29 is 41.0 Å². The number of ether oxygens (including phenoxy) is 1. The number of carbonyl (C=O) groups excluding carboxylic acids is 1. The molecule has 10 nitrogen and oxygen atoms in total. The molecule has 31 heavy (non-hydrogen) atoms. The monoisotopic (exact) mass is 462 g/mol. The lowest BCUT2D eigenvalue weighted by atomic mass is 10.2. The minimum Gasteiger partial charge on any atom is -0.480 e. The molecule has 1 aliphatic heterocycles. The van der Waals surface area contributed by atoms with E-state index in [1.807, 2.05) is 0 Å². The second kappa shape index (κ2) is 8.55. The number of amides is 1. The van der Waals surface area contributed by atoms with Gasteiger partial charge in [-0.25, -0.2) is 13.4 Å². The Morgan fingerprint density at radius 3 is 2.42 bits per heavy atom. The van der Waals surface area contributed by atoms with Crippen LogP contribution in [0.3, 0.4) is 0 Å². The number of halogens is 3. The van der Waals surface area contributed by atoms with E-state index in [4.69, 9.17) is 0 Å². The van der Waals surface area contributed by atoms with Crippen molar-refractivity contribution in [2.45, 2.75) is 23.8 Å². The molecular weight excluding hydrogens is 445 g/mol. The number of carboxylic acids is 1. The number of rotatable bonds is 6. The van der Waals surface area contributed by atoms with E-state index < -0.39 is 44.9 Å². The van der Waals surface area contributed by atoms with E-state index in [0.717, 1.165) is 28.6 Å². The van der Waals surface area contributed by atoms with Crippen molar-refractivity contribution in [3.63, 3.8) is 0 Å². The fourth-order valence-electron chi connectivity index (χ4n) is 3.07. The molecule has 1 N–H and O–H groups in total. The fraction of sp³-hybridized carbons (Fsp3) is 0.353. The summed E-state index contributed by atoms with van der Waals surface area (Å²) >= 11 is 0. The van der Waals surface area contributed by atoms with E-state index in [-0.39, 0.29) is 26.2 Å². The molecule has 168 valence electrons. The topological polar surface area (TPSA) is 122 Å². The lowest BCUT2D eigenvalue weighted by Gasteiger charge is -2.38. The van der Waals surface area contributed by atoms with Crippen molar-refractivity contribution in [2.24, 2.45) is 0 Å². The van der Waals surface area contributed by atoms with Gasteiger partial charge in [0.1, 0.15) is 18.3 Å². The van der Waals surface area contributed by atoms with Gasteiger partial charge in [-0.2, -0.15) is 4.31 Å². The molecule has 2 heterocycles. The molecule has 14 heteroatoms. The van der Waals surface area contributed by atoms with Crippen LogP contribution in [0.1, 0.15) is 0 Å². The SMILES string of the molecule is O=C(O)[C@H]1CN(C(=O)Cn2ccnc2)CCN1S(=O)(=O)c1ccc(OC(F)(F)F)cc1. The Balaban J connectivity index is 1.76. The summed E-state index contributed by atoms with van der Waals surface area (Å²) in [5.41, 5.74) is 0. The predicted octanol–water partition coefficient (Wildman–Crippen LogP) is 0.768. The Morgan fingerprint density at radius 1 is 1.19 bits per heavy atom. The van der Waals surface area contributed by atoms with Gasteiger partial charge in [-0.3, -0.25) is 9.59 Å². The summed E-state index contributed by atoms with van der Waals surface area (Å²) in [6, 6.07) is 1.87. The first-order valence-corrected chi connectivity index (χ1v) is 10.3. The van der Waals surface area contributed by atoms with Gasteiger partial charge in [0.25, 0.3) is 0 Å². The summed E-state index contributed by atoms with van der Waals surface area (Å²) in [4.78, 5) is 28.8. The third-order valence-corrected chi connectivity index (χ3v) is 6.43. The molecule has 1 amide bonds. The van der Waals surface area contributed by atoms with Crippen LogP contribution < -0.4 is 4.74 Å². The first-order chi connectivity index (χ1) is 14.5. The van der Waals surface area contributed by atoms with Crippen LogP contribution in [0.5, 0.6) is 5.75 Å². The first kappa shape index (κ1) is 22.6. The maximum Gasteiger partial charge on any atom is 0.573 e. The van der Waals surface area contributed by atoms with Gasteiger partial charge >= 0.3 is 12.3 Å². The zero-order chi connectivity index (χ0) is 22.8. The lowest BCUT2D eigenvalue weighted by molar-refractivity contribution is -0.274. The largest absolute Gasteiger partial charge is 0.573 e.